The Bertz CT molecular complexity index is 1340. The predicted octanol–water partition coefficient (Wildman–Crippen LogP) is 7.99. The molecule has 2 atom stereocenters. The number of rotatable bonds is 41. The summed E-state index contributed by atoms with van der Waals surface area (Å²) in [5.74, 6) is -0.190. The molecule has 4 N–H and O–H groups in total. The topological polar surface area (TPSA) is 207 Å². The minimum atomic E-state index is -3.15. The van der Waals surface area contributed by atoms with E-state index in [9.17, 15) is 23.7 Å². The van der Waals surface area contributed by atoms with Gasteiger partial charge in [-0.3, -0.25) is 9.36 Å². The molecule has 1 aromatic carbocycles. The van der Waals surface area contributed by atoms with Gasteiger partial charge in [-0.05, 0) is 32.3 Å². The van der Waals surface area contributed by atoms with Crippen LogP contribution in [0, 0.1) is 0 Å². The highest BCUT2D eigenvalue weighted by Crippen LogP contribution is 2.47. The Morgan fingerprint density at radius 1 is 0.603 bits per heavy atom. The lowest BCUT2D eigenvalue weighted by molar-refractivity contribution is -0.122. The molecule has 1 rings (SSSR count). The van der Waals surface area contributed by atoms with Gasteiger partial charge in [0.1, 0.15) is 25.4 Å². The highest BCUT2D eigenvalue weighted by Gasteiger charge is 2.25. The largest absolute Gasteiger partial charge is 0.446 e. The second-order valence-corrected chi connectivity index (χ2v) is 17.9. The molecule has 0 bridgehead atoms. The summed E-state index contributed by atoms with van der Waals surface area (Å²) in [5, 5.41) is 11.0. The van der Waals surface area contributed by atoms with Crippen LogP contribution in [-0.4, -0.2) is 133 Å². The first-order chi connectivity index (χ1) is 30.7. The van der Waals surface area contributed by atoms with E-state index in [2.05, 4.69) is 35.1 Å². The molecule has 0 aliphatic rings. The van der Waals surface area contributed by atoms with E-state index < -0.39 is 43.9 Å². The Balaban J connectivity index is 2.67. The van der Waals surface area contributed by atoms with E-state index in [0.29, 0.717) is 46.1 Å². The molecule has 4 amide bonds. The minimum absolute atomic E-state index is 0.0160. The van der Waals surface area contributed by atoms with Crippen molar-refractivity contribution in [1.29, 1.82) is 0 Å². The molecule has 0 radical (unpaired) electrons. The Hall–Kier alpha value is -3.12. The molecule has 364 valence electrons. The van der Waals surface area contributed by atoms with Crippen molar-refractivity contribution in [3.8, 4) is 0 Å². The van der Waals surface area contributed by atoms with Crippen molar-refractivity contribution in [3.63, 3.8) is 0 Å². The Morgan fingerprint density at radius 2 is 1.16 bits per heavy atom. The van der Waals surface area contributed by atoms with E-state index in [1.54, 1.807) is 13.8 Å². The maximum Gasteiger partial charge on any atom is 0.408 e. The molecule has 0 heterocycles. The smallest absolute Gasteiger partial charge is 0.408 e. The molecular formula is C44H79N4O13PS. The SMILES string of the molecule is CCCCCCCCNC(=O)OC[C@H](CSC[C@H](NC(=O)OCc1ccccc1)C(=O)NCCOCCOCCOCCP(=O)(OCC)OCC)OC(=O)NCCCCCCCC. The molecule has 17 nitrogen and oxygen atoms in total. The lowest BCUT2D eigenvalue weighted by Gasteiger charge is -2.21. The van der Waals surface area contributed by atoms with Gasteiger partial charge >= 0.3 is 25.9 Å². The first kappa shape index (κ1) is 57.9. The molecule has 0 aromatic heterocycles. The minimum Gasteiger partial charge on any atom is -0.446 e. The van der Waals surface area contributed by atoms with Crippen LogP contribution in [0.5, 0.6) is 0 Å². The van der Waals surface area contributed by atoms with Crippen LogP contribution >= 0.6 is 19.4 Å². The summed E-state index contributed by atoms with van der Waals surface area (Å²) in [6, 6.07) is 8.15. The van der Waals surface area contributed by atoms with Gasteiger partial charge < -0.3 is 58.7 Å². The molecule has 0 aliphatic carbocycles. The Labute approximate surface area is 381 Å². The molecule has 0 saturated carbocycles. The first-order valence-electron chi connectivity index (χ1n) is 22.9. The fourth-order valence-corrected chi connectivity index (χ4v) is 8.28. The zero-order chi connectivity index (χ0) is 46.1. The van der Waals surface area contributed by atoms with Crippen LogP contribution in [0.2, 0.25) is 0 Å². The quantitative estimate of drug-likeness (QED) is 0.0279. The highest BCUT2D eigenvalue weighted by molar-refractivity contribution is 7.99. The number of carbonyl (C=O) groups is 4. The molecule has 0 spiro atoms. The van der Waals surface area contributed by atoms with Crippen LogP contribution in [0.4, 0.5) is 14.4 Å². The van der Waals surface area contributed by atoms with Crippen molar-refractivity contribution in [2.45, 2.75) is 123 Å². The summed E-state index contributed by atoms with van der Waals surface area (Å²) >= 11 is 1.25. The third-order valence-electron chi connectivity index (χ3n) is 9.13. The normalized spacial score (nSPS) is 12.3. The molecule has 0 fully saturated rings. The number of nitrogens with one attached hydrogen (secondary N) is 4. The number of hydrogen-bond donors (Lipinski definition) is 4. The second kappa shape index (κ2) is 40.4. The van der Waals surface area contributed by atoms with Gasteiger partial charge in [0.25, 0.3) is 0 Å². The van der Waals surface area contributed by atoms with E-state index in [1.165, 1.54) is 43.9 Å². The maximum atomic E-state index is 13.3. The monoisotopic (exact) mass is 935 g/mol. The molecule has 1 aromatic rings. The van der Waals surface area contributed by atoms with Gasteiger partial charge in [-0.25, -0.2) is 14.4 Å². The van der Waals surface area contributed by atoms with Gasteiger partial charge in [0, 0.05) is 31.1 Å². The van der Waals surface area contributed by atoms with Gasteiger partial charge in [0.15, 0.2) is 0 Å². The number of alkyl carbamates (subject to hydrolysis) is 3. The molecular weight excluding hydrogens is 856 g/mol. The molecule has 0 saturated heterocycles. The lowest BCUT2D eigenvalue weighted by atomic mass is 10.1. The van der Waals surface area contributed by atoms with Crippen molar-refractivity contribution in [2.24, 2.45) is 0 Å². The van der Waals surface area contributed by atoms with Gasteiger partial charge in [0.05, 0.1) is 59.0 Å². The molecule has 63 heavy (non-hydrogen) atoms. The number of unbranched alkanes of at least 4 members (excludes halogenated alkanes) is 10. The number of benzene rings is 1. The van der Waals surface area contributed by atoms with Crippen LogP contribution in [0.3, 0.4) is 0 Å². The van der Waals surface area contributed by atoms with E-state index in [-0.39, 0.29) is 57.2 Å². The predicted molar refractivity (Wildman–Crippen MR) is 246 cm³/mol. The van der Waals surface area contributed by atoms with Gasteiger partial charge in [0.2, 0.25) is 5.91 Å². The van der Waals surface area contributed by atoms with E-state index in [1.807, 2.05) is 30.3 Å². The molecule has 0 aliphatic heterocycles. The maximum absolute atomic E-state index is 13.3. The number of carbonyl (C=O) groups excluding carboxylic acids is 4. The Morgan fingerprint density at radius 3 is 1.76 bits per heavy atom. The van der Waals surface area contributed by atoms with Crippen molar-refractivity contribution < 1.29 is 61.2 Å². The Kier molecular flexibility index (Phi) is 37.1. The zero-order valence-corrected chi connectivity index (χ0v) is 40.2. The fraction of sp³-hybridized carbons (Fsp3) is 0.773. The van der Waals surface area contributed by atoms with Crippen molar-refractivity contribution >= 4 is 43.5 Å². The van der Waals surface area contributed by atoms with Crippen LogP contribution in [0.15, 0.2) is 30.3 Å². The first-order valence-corrected chi connectivity index (χ1v) is 25.8. The number of hydrogen-bond acceptors (Lipinski definition) is 14. The van der Waals surface area contributed by atoms with E-state index in [0.717, 1.165) is 50.5 Å². The van der Waals surface area contributed by atoms with Gasteiger partial charge in [-0.1, -0.05) is 108 Å². The van der Waals surface area contributed by atoms with Crippen molar-refractivity contribution in [1.82, 2.24) is 21.3 Å². The van der Waals surface area contributed by atoms with E-state index in [4.69, 9.17) is 37.5 Å². The van der Waals surface area contributed by atoms with Crippen LogP contribution in [0.1, 0.15) is 110 Å². The average Bonchev–Trinajstić information content (AvgIpc) is 3.27. The summed E-state index contributed by atoms with van der Waals surface area (Å²) in [4.78, 5) is 51.5. The number of amides is 4. The summed E-state index contributed by atoms with van der Waals surface area (Å²) in [5.41, 5.74) is 0.786. The highest BCUT2D eigenvalue weighted by atomic mass is 32.2. The summed E-state index contributed by atoms with van der Waals surface area (Å²) in [6.45, 7) is 11.0. The van der Waals surface area contributed by atoms with Gasteiger partial charge in [-0.15, -0.1) is 0 Å². The van der Waals surface area contributed by atoms with E-state index >= 15 is 0 Å². The lowest BCUT2D eigenvalue weighted by Crippen LogP contribution is -2.49. The van der Waals surface area contributed by atoms with Crippen LogP contribution in [-0.2, 0) is 53.4 Å². The standard InChI is InChI=1S/C44H79N4O13PS/c1-5-9-11-13-15-20-24-46-42(50)58-35-39(61-43(51)47-25-21-16-14-12-10-6-2)36-63-37-40(48-44(52)57-34-38-22-18-17-19-23-38)41(49)45-26-27-54-28-29-55-30-31-56-32-33-62(53,59-7-3)60-8-4/h17-19,22-23,39-40H,5-16,20-21,24-37H2,1-4H3,(H,45,49)(H,46,50)(H,47,51)(H,48,52)/t39-,40+/m1/s1. The third kappa shape index (κ3) is 34.0. The third-order valence-corrected chi connectivity index (χ3v) is 12.3. The summed E-state index contributed by atoms with van der Waals surface area (Å²) in [7, 11) is -3.15. The summed E-state index contributed by atoms with van der Waals surface area (Å²) < 4.78 is 56.1. The van der Waals surface area contributed by atoms with Crippen LogP contribution in [0.25, 0.3) is 0 Å². The van der Waals surface area contributed by atoms with Crippen LogP contribution < -0.4 is 21.3 Å². The molecule has 19 heteroatoms. The second-order valence-electron chi connectivity index (χ2n) is 14.6. The summed E-state index contributed by atoms with van der Waals surface area (Å²) in [6.07, 6.45) is 10.3. The fourth-order valence-electron chi connectivity index (χ4n) is 5.78. The van der Waals surface area contributed by atoms with Crippen molar-refractivity contribution in [2.75, 3.05) is 96.8 Å². The number of thioether (sulfide) groups is 1. The molecule has 0 unspecified atom stereocenters. The van der Waals surface area contributed by atoms with Gasteiger partial charge in [-0.2, -0.15) is 11.8 Å². The zero-order valence-electron chi connectivity index (χ0n) is 38.5. The average molecular weight is 935 g/mol. The van der Waals surface area contributed by atoms with Crippen molar-refractivity contribution in [3.05, 3.63) is 35.9 Å². The number of ether oxygens (including phenoxy) is 6.